The highest BCUT2D eigenvalue weighted by Gasteiger charge is 2.32. The summed E-state index contributed by atoms with van der Waals surface area (Å²) in [5.74, 6) is -3.27. The Bertz CT molecular complexity index is 1150. The topological polar surface area (TPSA) is 100 Å². The van der Waals surface area contributed by atoms with Gasteiger partial charge in [0.2, 0.25) is 0 Å². The first-order valence-corrected chi connectivity index (χ1v) is 9.11. The van der Waals surface area contributed by atoms with E-state index in [1.54, 1.807) is 39.1 Å². The maximum absolute atomic E-state index is 14.0. The Morgan fingerprint density at radius 2 is 1.73 bits per heavy atom. The quantitative estimate of drug-likeness (QED) is 0.424. The van der Waals surface area contributed by atoms with E-state index in [-0.39, 0.29) is 11.4 Å². The van der Waals surface area contributed by atoms with Crippen LogP contribution in [0.2, 0.25) is 0 Å². The molecule has 156 valence electrons. The number of halogens is 2. The third-order valence-electron chi connectivity index (χ3n) is 4.47. The van der Waals surface area contributed by atoms with Gasteiger partial charge in [0.25, 0.3) is 16.8 Å². The molecule has 1 amide bonds. The van der Waals surface area contributed by atoms with Crippen molar-refractivity contribution in [2.75, 3.05) is 10.6 Å². The van der Waals surface area contributed by atoms with E-state index < -0.39 is 45.5 Å². The van der Waals surface area contributed by atoms with Crippen LogP contribution in [-0.2, 0) is 0 Å². The van der Waals surface area contributed by atoms with Crippen molar-refractivity contribution >= 4 is 23.0 Å². The van der Waals surface area contributed by atoms with E-state index in [4.69, 9.17) is 0 Å². The number of nitrogens with zero attached hydrogens (tertiary/aromatic N) is 1. The molecular weight excluding hydrogens is 394 g/mol. The van der Waals surface area contributed by atoms with Crippen LogP contribution >= 0.6 is 0 Å². The van der Waals surface area contributed by atoms with Crippen molar-refractivity contribution in [1.82, 2.24) is 10.3 Å². The van der Waals surface area contributed by atoms with Gasteiger partial charge in [0.1, 0.15) is 17.5 Å². The molecule has 1 heterocycles. The Labute approximate surface area is 170 Å². The number of rotatable bonds is 6. The summed E-state index contributed by atoms with van der Waals surface area (Å²) in [4.78, 5) is 40.6. The van der Waals surface area contributed by atoms with Crippen molar-refractivity contribution in [1.29, 1.82) is 0 Å². The number of benzene rings is 1. The third-order valence-corrected chi connectivity index (χ3v) is 4.47. The number of carbonyl (C=O) groups is 1. The second-order valence-corrected chi connectivity index (χ2v) is 7.79. The molecule has 0 spiro atoms. The zero-order chi connectivity index (χ0) is 22.1. The van der Waals surface area contributed by atoms with Gasteiger partial charge in [-0.1, -0.05) is 26.8 Å². The number of pyridine rings is 1. The van der Waals surface area contributed by atoms with E-state index in [0.717, 1.165) is 12.1 Å². The molecule has 0 fully saturated rings. The summed E-state index contributed by atoms with van der Waals surface area (Å²) in [5.41, 5.74) is -2.05. The first-order chi connectivity index (χ1) is 14.1. The van der Waals surface area contributed by atoms with E-state index in [2.05, 4.69) is 20.9 Å². The van der Waals surface area contributed by atoms with Crippen molar-refractivity contribution in [3.05, 3.63) is 80.4 Å². The molecule has 9 heteroatoms. The number of hydrogen-bond acceptors (Lipinski definition) is 6. The molecule has 3 rings (SSSR count). The average Bonchev–Trinajstić information content (AvgIpc) is 2.71. The van der Waals surface area contributed by atoms with E-state index in [1.807, 2.05) is 0 Å². The second kappa shape index (κ2) is 8.02. The highest BCUT2D eigenvalue weighted by atomic mass is 19.2. The lowest BCUT2D eigenvalue weighted by atomic mass is 9.91. The predicted octanol–water partition coefficient (Wildman–Crippen LogP) is 2.91. The van der Waals surface area contributed by atoms with Crippen LogP contribution in [0.5, 0.6) is 0 Å². The Balaban J connectivity index is 1.86. The molecular formula is C21H20F2N4O3. The Morgan fingerprint density at radius 1 is 1.03 bits per heavy atom. The van der Waals surface area contributed by atoms with Crippen LogP contribution < -0.4 is 26.8 Å². The van der Waals surface area contributed by atoms with E-state index in [9.17, 15) is 23.2 Å². The summed E-state index contributed by atoms with van der Waals surface area (Å²) in [6.07, 6.45) is 2.17. The molecule has 0 aliphatic heterocycles. The zero-order valence-electron chi connectivity index (χ0n) is 16.5. The maximum atomic E-state index is 14.0. The summed E-state index contributed by atoms with van der Waals surface area (Å²) >= 11 is 0. The molecule has 0 bridgehead atoms. The van der Waals surface area contributed by atoms with Crippen LogP contribution in [0.3, 0.4) is 0 Å². The first kappa shape index (κ1) is 21.1. The van der Waals surface area contributed by atoms with Gasteiger partial charge in [-0.15, -0.1) is 0 Å². The lowest BCUT2D eigenvalue weighted by molar-refractivity contribution is 0.0908. The molecule has 7 nitrogen and oxygen atoms in total. The minimum Gasteiger partial charge on any atom is -0.360 e. The molecule has 2 aromatic carbocycles. The van der Waals surface area contributed by atoms with Gasteiger partial charge in [-0.3, -0.25) is 19.4 Å². The number of nitrogens with one attached hydrogen (secondary N) is 3. The predicted molar refractivity (Wildman–Crippen MR) is 110 cm³/mol. The summed E-state index contributed by atoms with van der Waals surface area (Å²) in [7, 11) is 0. The minimum atomic E-state index is -1.27. The fraction of sp³-hybridized carbons (Fsp3) is 0.238. The zero-order valence-corrected chi connectivity index (χ0v) is 16.5. The SMILES string of the molecule is CC(C)(C)C(NC(=O)c1cccc(F)c1F)Nc1c(Nc2cccnc2)c(=O)c1=O. The van der Waals surface area contributed by atoms with Gasteiger partial charge in [0.05, 0.1) is 17.4 Å². The molecule has 0 aliphatic carbocycles. The summed E-state index contributed by atoms with van der Waals surface area (Å²) in [6, 6.07) is 6.61. The van der Waals surface area contributed by atoms with Gasteiger partial charge in [0, 0.05) is 11.6 Å². The molecule has 0 saturated heterocycles. The minimum absolute atomic E-state index is 0.0104. The molecule has 0 radical (unpaired) electrons. The van der Waals surface area contributed by atoms with Crippen molar-refractivity contribution < 1.29 is 13.6 Å². The highest BCUT2D eigenvalue weighted by Crippen LogP contribution is 2.26. The van der Waals surface area contributed by atoms with Crippen LogP contribution in [0, 0.1) is 17.0 Å². The van der Waals surface area contributed by atoms with Crippen molar-refractivity contribution in [2.45, 2.75) is 26.9 Å². The third kappa shape index (κ3) is 4.19. The van der Waals surface area contributed by atoms with Crippen LogP contribution in [0.4, 0.5) is 25.8 Å². The Kier molecular flexibility index (Phi) is 5.64. The smallest absolute Gasteiger partial charge is 0.255 e. The lowest BCUT2D eigenvalue weighted by Gasteiger charge is -2.33. The van der Waals surface area contributed by atoms with Crippen LogP contribution in [0.15, 0.2) is 52.3 Å². The largest absolute Gasteiger partial charge is 0.360 e. The molecule has 0 aliphatic rings. The average molecular weight is 414 g/mol. The van der Waals surface area contributed by atoms with Crippen molar-refractivity contribution in [3.63, 3.8) is 0 Å². The second-order valence-electron chi connectivity index (χ2n) is 7.79. The number of aromatic nitrogens is 1. The summed E-state index contributed by atoms with van der Waals surface area (Å²) in [5, 5.41) is 8.25. The van der Waals surface area contributed by atoms with Crippen molar-refractivity contribution in [3.8, 4) is 0 Å². The van der Waals surface area contributed by atoms with E-state index >= 15 is 0 Å². The summed E-state index contributed by atoms with van der Waals surface area (Å²) < 4.78 is 27.4. The maximum Gasteiger partial charge on any atom is 0.255 e. The van der Waals surface area contributed by atoms with Gasteiger partial charge in [-0.05, 0) is 24.3 Å². The van der Waals surface area contributed by atoms with Crippen LogP contribution in [-0.4, -0.2) is 17.1 Å². The van der Waals surface area contributed by atoms with Gasteiger partial charge in [-0.2, -0.15) is 0 Å². The standard InChI is InChI=1S/C21H20F2N4O3/c1-21(2,3)20(27-19(30)12-7-4-8-13(22)14(12)23)26-16-15(17(28)18(16)29)25-11-6-5-9-24-10-11/h4-10,20,25-26H,1-3H3,(H,27,30). The molecule has 3 aromatic rings. The highest BCUT2D eigenvalue weighted by molar-refractivity contribution is 5.95. The van der Waals surface area contributed by atoms with Gasteiger partial charge in [-0.25, -0.2) is 8.78 Å². The van der Waals surface area contributed by atoms with Gasteiger partial charge >= 0.3 is 0 Å². The first-order valence-electron chi connectivity index (χ1n) is 9.11. The lowest BCUT2D eigenvalue weighted by Crippen LogP contribution is -2.52. The number of hydrogen-bond donors (Lipinski definition) is 3. The molecule has 3 N–H and O–H groups in total. The summed E-state index contributed by atoms with van der Waals surface area (Å²) in [6.45, 7) is 5.31. The van der Waals surface area contributed by atoms with Gasteiger partial charge in [0.15, 0.2) is 11.6 Å². The molecule has 30 heavy (non-hydrogen) atoms. The fourth-order valence-corrected chi connectivity index (χ4v) is 2.73. The molecule has 1 unspecified atom stereocenters. The molecule has 1 atom stereocenters. The molecule has 1 aromatic heterocycles. The van der Waals surface area contributed by atoms with Crippen LogP contribution in [0.25, 0.3) is 0 Å². The normalized spacial score (nSPS) is 12.4. The molecule has 0 saturated carbocycles. The number of anilines is 3. The van der Waals surface area contributed by atoms with Crippen LogP contribution in [0.1, 0.15) is 31.1 Å². The number of amides is 1. The fourth-order valence-electron chi connectivity index (χ4n) is 2.73. The monoisotopic (exact) mass is 414 g/mol. The van der Waals surface area contributed by atoms with Crippen molar-refractivity contribution in [2.24, 2.45) is 5.41 Å². The Morgan fingerprint density at radius 3 is 2.37 bits per heavy atom. The Hall–Kier alpha value is -3.62. The van der Waals surface area contributed by atoms with Gasteiger partial charge < -0.3 is 16.0 Å². The number of carbonyl (C=O) groups excluding carboxylic acids is 1. The van der Waals surface area contributed by atoms with E-state index in [1.165, 1.54) is 12.3 Å². The van der Waals surface area contributed by atoms with E-state index in [0.29, 0.717) is 5.69 Å².